The lowest BCUT2D eigenvalue weighted by Crippen LogP contribution is -2.27. The third-order valence-electron chi connectivity index (χ3n) is 3.44. The summed E-state index contributed by atoms with van der Waals surface area (Å²) in [4.78, 5) is 0. The predicted molar refractivity (Wildman–Crippen MR) is 71.7 cm³/mol. The molecule has 0 radical (unpaired) electrons. The standard InChI is InChI=1S/C13H16ClFOS/c14-11-7-10(3-4-12(11)15)16-8-13(9-17)5-1-2-6-13/h3-4,7,17H,1-2,5-6,8-9H2. The first-order chi connectivity index (χ1) is 8.15. The average molecular weight is 275 g/mol. The number of halogens is 2. The number of ether oxygens (including phenoxy) is 1. The van der Waals surface area contributed by atoms with Gasteiger partial charge in [-0.25, -0.2) is 4.39 Å². The predicted octanol–water partition coefficient (Wildman–Crippen LogP) is 4.35. The summed E-state index contributed by atoms with van der Waals surface area (Å²) >= 11 is 10.1. The van der Waals surface area contributed by atoms with Gasteiger partial charge in [0.25, 0.3) is 0 Å². The van der Waals surface area contributed by atoms with E-state index in [1.807, 2.05) is 0 Å². The molecule has 1 aromatic rings. The molecule has 0 aromatic heterocycles. The van der Waals surface area contributed by atoms with E-state index in [0.29, 0.717) is 12.4 Å². The van der Waals surface area contributed by atoms with E-state index < -0.39 is 5.82 Å². The summed E-state index contributed by atoms with van der Waals surface area (Å²) in [5.74, 6) is 1.05. The van der Waals surface area contributed by atoms with Crippen LogP contribution in [0.25, 0.3) is 0 Å². The molecule has 4 heteroatoms. The van der Waals surface area contributed by atoms with Crippen LogP contribution in [0.1, 0.15) is 25.7 Å². The molecule has 0 aliphatic heterocycles. The van der Waals surface area contributed by atoms with Crippen LogP contribution in [0.3, 0.4) is 0 Å². The second-order valence-corrected chi connectivity index (χ2v) is 5.45. The van der Waals surface area contributed by atoms with Gasteiger partial charge in [0.15, 0.2) is 0 Å². The monoisotopic (exact) mass is 274 g/mol. The second kappa shape index (κ2) is 5.49. The van der Waals surface area contributed by atoms with Gasteiger partial charge in [0.2, 0.25) is 0 Å². The van der Waals surface area contributed by atoms with Gasteiger partial charge in [-0.05, 0) is 30.7 Å². The van der Waals surface area contributed by atoms with Crippen molar-refractivity contribution in [3.05, 3.63) is 29.0 Å². The summed E-state index contributed by atoms with van der Waals surface area (Å²) in [6.45, 7) is 0.637. The molecular weight excluding hydrogens is 259 g/mol. The average Bonchev–Trinajstić information content (AvgIpc) is 2.80. The van der Waals surface area contributed by atoms with E-state index >= 15 is 0 Å². The van der Waals surface area contributed by atoms with Crippen molar-refractivity contribution in [2.45, 2.75) is 25.7 Å². The van der Waals surface area contributed by atoms with Crippen LogP contribution in [-0.4, -0.2) is 12.4 Å². The zero-order chi connectivity index (χ0) is 12.3. The maximum atomic E-state index is 13.0. The van der Waals surface area contributed by atoms with Crippen LogP contribution in [0.5, 0.6) is 5.75 Å². The Bertz CT molecular complexity index is 391. The summed E-state index contributed by atoms with van der Waals surface area (Å²) < 4.78 is 18.7. The fourth-order valence-corrected chi connectivity index (χ4v) is 2.85. The maximum absolute atomic E-state index is 13.0. The minimum Gasteiger partial charge on any atom is -0.493 e. The van der Waals surface area contributed by atoms with Gasteiger partial charge in [-0.15, -0.1) is 0 Å². The molecule has 0 spiro atoms. The molecule has 1 fully saturated rings. The first kappa shape index (κ1) is 13.0. The smallest absolute Gasteiger partial charge is 0.142 e. The van der Waals surface area contributed by atoms with Crippen molar-refractivity contribution >= 4 is 24.2 Å². The van der Waals surface area contributed by atoms with Gasteiger partial charge in [-0.1, -0.05) is 24.4 Å². The number of thiol groups is 1. The molecule has 1 saturated carbocycles. The molecule has 17 heavy (non-hydrogen) atoms. The van der Waals surface area contributed by atoms with E-state index in [0.717, 1.165) is 18.6 Å². The molecule has 2 rings (SSSR count). The van der Waals surface area contributed by atoms with Gasteiger partial charge < -0.3 is 4.74 Å². The van der Waals surface area contributed by atoms with E-state index in [2.05, 4.69) is 12.6 Å². The van der Waals surface area contributed by atoms with Gasteiger partial charge >= 0.3 is 0 Å². The van der Waals surface area contributed by atoms with Crippen LogP contribution in [-0.2, 0) is 0 Å². The molecule has 0 N–H and O–H groups in total. The van der Waals surface area contributed by atoms with Crippen molar-refractivity contribution in [1.82, 2.24) is 0 Å². The summed E-state index contributed by atoms with van der Waals surface area (Å²) in [7, 11) is 0. The van der Waals surface area contributed by atoms with E-state index in [9.17, 15) is 4.39 Å². The van der Waals surface area contributed by atoms with Crippen LogP contribution < -0.4 is 4.74 Å². The normalized spacial score (nSPS) is 18.3. The van der Waals surface area contributed by atoms with Gasteiger partial charge in [-0.2, -0.15) is 12.6 Å². The number of benzene rings is 1. The van der Waals surface area contributed by atoms with E-state index in [1.54, 1.807) is 6.07 Å². The Morgan fingerprint density at radius 3 is 2.65 bits per heavy atom. The largest absolute Gasteiger partial charge is 0.493 e. The topological polar surface area (TPSA) is 9.23 Å². The molecular formula is C13H16ClFOS. The van der Waals surface area contributed by atoms with Gasteiger partial charge in [0.1, 0.15) is 11.6 Å². The Hall–Kier alpha value is -0.410. The molecule has 1 aromatic carbocycles. The van der Waals surface area contributed by atoms with Crippen molar-refractivity contribution in [2.24, 2.45) is 5.41 Å². The highest BCUT2D eigenvalue weighted by Crippen LogP contribution is 2.39. The molecule has 0 atom stereocenters. The summed E-state index contributed by atoms with van der Waals surface area (Å²) in [6, 6.07) is 4.47. The first-order valence-corrected chi connectivity index (χ1v) is 6.85. The Balaban J connectivity index is 1.99. The fourth-order valence-electron chi connectivity index (χ4n) is 2.28. The van der Waals surface area contributed by atoms with Crippen LogP contribution in [0.4, 0.5) is 4.39 Å². The highest BCUT2D eigenvalue weighted by Gasteiger charge is 2.33. The Morgan fingerprint density at radius 2 is 2.06 bits per heavy atom. The Kier molecular flexibility index (Phi) is 4.21. The number of hydrogen-bond donors (Lipinski definition) is 1. The highest BCUT2D eigenvalue weighted by molar-refractivity contribution is 7.80. The lowest BCUT2D eigenvalue weighted by Gasteiger charge is -2.26. The summed E-state index contributed by atoms with van der Waals surface area (Å²) in [5.41, 5.74) is 0.184. The van der Waals surface area contributed by atoms with Crippen molar-refractivity contribution < 1.29 is 9.13 Å². The number of hydrogen-bond acceptors (Lipinski definition) is 2. The van der Waals surface area contributed by atoms with E-state index in [-0.39, 0.29) is 10.4 Å². The third-order valence-corrected chi connectivity index (χ3v) is 4.40. The molecule has 94 valence electrons. The van der Waals surface area contributed by atoms with E-state index in [1.165, 1.54) is 25.0 Å². The molecule has 0 bridgehead atoms. The zero-order valence-electron chi connectivity index (χ0n) is 9.59. The maximum Gasteiger partial charge on any atom is 0.142 e. The van der Waals surface area contributed by atoms with Gasteiger partial charge in [0, 0.05) is 11.5 Å². The third kappa shape index (κ3) is 3.08. The zero-order valence-corrected chi connectivity index (χ0v) is 11.2. The van der Waals surface area contributed by atoms with Crippen LogP contribution in [0.2, 0.25) is 5.02 Å². The van der Waals surface area contributed by atoms with Gasteiger partial charge in [0.05, 0.1) is 11.6 Å². The minimum atomic E-state index is -0.413. The number of rotatable bonds is 4. The Labute approximate surface area is 112 Å². The first-order valence-electron chi connectivity index (χ1n) is 5.84. The van der Waals surface area contributed by atoms with Gasteiger partial charge in [-0.3, -0.25) is 0 Å². The molecule has 0 saturated heterocycles. The van der Waals surface area contributed by atoms with Crippen molar-refractivity contribution in [3.8, 4) is 5.75 Å². The summed E-state index contributed by atoms with van der Waals surface area (Å²) in [6.07, 6.45) is 4.80. The lowest BCUT2D eigenvalue weighted by molar-refractivity contribution is 0.173. The van der Waals surface area contributed by atoms with Crippen molar-refractivity contribution in [3.63, 3.8) is 0 Å². The molecule has 0 unspecified atom stereocenters. The van der Waals surface area contributed by atoms with Crippen molar-refractivity contribution in [1.29, 1.82) is 0 Å². The molecule has 0 heterocycles. The SMILES string of the molecule is Fc1ccc(OCC2(CS)CCCC2)cc1Cl. The lowest BCUT2D eigenvalue weighted by atomic mass is 9.90. The quantitative estimate of drug-likeness (QED) is 0.803. The van der Waals surface area contributed by atoms with Crippen LogP contribution in [0, 0.1) is 11.2 Å². The molecule has 1 aliphatic rings. The minimum absolute atomic E-state index is 0.105. The van der Waals surface area contributed by atoms with Crippen LogP contribution in [0.15, 0.2) is 18.2 Å². The Morgan fingerprint density at radius 1 is 1.35 bits per heavy atom. The molecule has 0 amide bonds. The molecule has 1 nitrogen and oxygen atoms in total. The van der Waals surface area contributed by atoms with E-state index in [4.69, 9.17) is 16.3 Å². The van der Waals surface area contributed by atoms with Crippen molar-refractivity contribution in [2.75, 3.05) is 12.4 Å². The molecule has 1 aliphatic carbocycles. The second-order valence-electron chi connectivity index (χ2n) is 4.73. The highest BCUT2D eigenvalue weighted by atomic mass is 35.5. The fraction of sp³-hybridized carbons (Fsp3) is 0.538. The summed E-state index contributed by atoms with van der Waals surface area (Å²) in [5, 5.41) is 0.105. The van der Waals surface area contributed by atoms with Crippen LogP contribution >= 0.6 is 24.2 Å².